The Morgan fingerprint density at radius 3 is 2.00 bits per heavy atom. The van der Waals surface area contributed by atoms with Crippen molar-refractivity contribution in [2.45, 2.75) is 59.0 Å². The van der Waals surface area contributed by atoms with Gasteiger partial charge in [-0.2, -0.15) is 0 Å². The molecule has 1 unspecified atom stereocenters. The fraction of sp³-hybridized carbons (Fsp3) is 0.846. The number of aliphatic carboxylic acids is 2. The monoisotopic (exact) mass is 260 g/mol. The summed E-state index contributed by atoms with van der Waals surface area (Å²) in [5, 5.41) is 16.3. The molecule has 0 aromatic carbocycles. The molecule has 0 radical (unpaired) electrons. The van der Waals surface area contributed by atoms with Gasteiger partial charge in [-0.15, -0.1) is 0 Å². The van der Waals surface area contributed by atoms with E-state index in [0.29, 0.717) is 18.4 Å². The molecule has 1 saturated heterocycles. The Hall–Kier alpha value is -1.10. The molecule has 106 valence electrons. The molecule has 0 aromatic heterocycles. The molecule has 0 spiro atoms. The third-order valence-electron chi connectivity index (χ3n) is 2.43. The predicted octanol–water partition coefficient (Wildman–Crippen LogP) is 2.54. The highest BCUT2D eigenvalue weighted by atomic mass is 16.6. The van der Waals surface area contributed by atoms with E-state index in [-0.39, 0.29) is 0 Å². The van der Waals surface area contributed by atoms with Crippen LogP contribution in [0, 0.1) is 5.41 Å². The quantitative estimate of drug-likeness (QED) is 0.566. The molecule has 1 fully saturated rings. The molecule has 18 heavy (non-hydrogen) atoms. The molecular weight excluding hydrogens is 236 g/mol. The van der Waals surface area contributed by atoms with Crippen LogP contribution in [-0.4, -0.2) is 34.9 Å². The molecule has 0 bridgehead atoms. The molecule has 5 heteroatoms. The van der Waals surface area contributed by atoms with Gasteiger partial charge in [-0.3, -0.25) is 4.79 Å². The van der Waals surface area contributed by atoms with Gasteiger partial charge in [0.2, 0.25) is 0 Å². The number of unbranched alkanes of at least 4 members (excludes halogenated alkanes) is 2. The summed E-state index contributed by atoms with van der Waals surface area (Å²) in [5.74, 6) is -1.53. The van der Waals surface area contributed by atoms with E-state index in [1.165, 1.54) is 6.42 Å². The lowest BCUT2D eigenvalue weighted by Crippen LogP contribution is -2.04. The maximum Gasteiger partial charge on any atom is 0.335 e. The minimum absolute atomic E-state index is 0.324. The topological polar surface area (TPSA) is 87.1 Å². The highest BCUT2D eigenvalue weighted by molar-refractivity contribution is 5.74. The standard InChI is InChI=1S/C10H20O2.C3H4O3/c1-10(2,3)8-6-4-5-7-9(11)12;4-3(5)2-1-6-2/h4-8H2,1-3H3,(H,11,12);2H,1H2,(H,4,5). The van der Waals surface area contributed by atoms with Crippen LogP contribution in [0.2, 0.25) is 0 Å². The van der Waals surface area contributed by atoms with E-state index in [1.807, 2.05) is 0 Å². The van der Waals surface area contributed by atoms with Crippen molar-refractivity contribution >= 4 is 11.9 Å². The van der Waals surface area contributed by atoms with Gasteiger partial charge in [0, 0.05) is 6.42 Å². The van der Waals surface area contributed by atoms with Crippen molar-refractivity contribution in [3.05, 3.63) is 0 Å². The number of carboxylic acids is 2. The second-order valence-corrected chi connectivity index (χ2v) is 5.68. The number of hydrogen-bond acceptors (Lipinski definition) is 3. The molecule has 0 amide bonds. The molecule has 1 aliphatic heterocycles. The highest BCUT2D eigenvalue weighted by Gasteiger charge is 2.30. The van der Waals surface area contributed by atoms with Crippen molar-refractivity contribution < 1.29 is 24.5 Å². The predicted molar refractivity (Wildman–Crippen MR) is 67.6 cm³/mol. The first-order chi connectivity index (χ1) is 8.22. The van der Waals surface area contributed by atoms with Gasteiger partial charge in [0.1, 0.15) is 0 Å². The molecule has 1 aliphatic rings. The average molecular weight is 260 g/mol. The Morgan fingerprint density at radius 2 is 1.72 bits per heavy atom. The Kier molecular flexibility index (Phi) is 7.59. The van der Waals surface area contributed by atoms with E-state index in [2.05, 4.69) is 25.5 Å². The zero-order valence-corrected chi connectivity index (χ0v) is 11.4. The summed E-state index contributed by atoms with van der Waals surface area (Å²) < 4.78 is 4.37. The SMILES string of the molecule is CC(C)(C)CCCCCC(=O)O.O=C(O)C1CO1. The third-order valence-corrected chi connectivity index (χ3v) is 2.43. The summed E-state index contributed by atoms with van der Waals surface area (Å²) in [6, 6.07) is 0. The first kappa shape index (κ1) is 16.9. The number of carboxylic acid groups (broad SMARTS) is 2. The van der Waals surface area contributed by atoms with Crippen LogP contribution in [0.15, 0.2) is 0 Å². The first-order valence-electron chi connectivity index (χ1n) is 6.28. The Morgan fingerprint density at radius 1 is 1.17 bits per heavy atom. The molecule has 0 saturated carbocycles. The highest BCUT2D eigenvalue weighted by Crippen LogP contribution is 2.22. The van der Waals surface area contributed by atoms with Crippen molar-refractivity contribution in [2.75, 3.05) is 6.61 Å². The van der Waals surface area contributed by atoms with E-state index < -0.39 is 18.0 Å². The summed E-state index contributed by atoms with van der Waals surface area (Å²) in [7, 11) is 0. The van der Waals surface area contributed by atoms with Crippen molar-refractivity contribution in [1.82, 2.24) is 0 Å². The number of epoxide rings is 1. The van der Waals surface area contributed by atoms with Crippen LogP contribution in [0.1, 0.15) is 52.9 Å². The van der Waals surface area contributed by atoms with Crippen LogP contribution in [0.5, 0.6) is 0 Å². The van der Waals surface area contributed by atoms with Crippen molar-refractivity contribution in [1.29, 1.82) is 0 Å². The first-order valence-corrected chi connectivity index (χ1v) is 6.28. The molecule has 0 aromatic rings. The van der Waals surface area contributed by atoms with Gasteiger partial charge in [-0.1, -0.05) is 33.6 Å². The van der Waals surface area contributed by atoms with Gasteiger partial charge in [0.15, 0.2) is 6.10 Å². The largest absolute Gasteiger partial charge is 0.481 e. The zero-order valence-electron chi connectivity index (χ0n) is 11.4. The van der Waals surface area contributed by atoms with Gasteiger partial charge in [0.05, 0.1) is 6.61 Å². The van der Waals surface area contributed by atoms with E-state index >= 15 is 0 Å². The van der Waals surface area contributed by atoms with Crippen LogP contribution in [0.25, 0.3) is 0 Å². The lowest BCUT2D eigenvalue weighted by atomic mass is 9.89. The number of hydrogen-bond donors (Lipinski definition) is 2. The number of rotatable bonds is 6. The van der Waals surface area contributed by atoms with Gasteiger partial charge in [-0.05, 0) is 18.3 Å². The Bertz CT molecular complexity index is 263. The van der Waals surface area contributed by atoms with Crippen LogP contribution < -0.4 is 0 Å². The molecule has 1 rings (SSSR count). The lowest BCUT2D eigenvalue weighted by Gasteiger charge is -2.17. The van der Waals surface area contributed by atoms with Gasteiger partial charge in [0.25, 0.3) is 0 Å². The van der Waals surface area contributed by atoms with Crippen LogP contribution in [-0.2, 0) is 14.3 Å². The second-order valence-electron chi connectivity index (χ2n) is 5.68. The van der Waals surface area contributed by atoms with E-state index in [4.69, 9.17) is 10.2 Å². The van der Waals surface area contributed by atoms with Gasteiger partial charge >= 0.3 is 11.9 Å². The molecular formula is C13H24O5. The van der Waals surface area contributed by atoms with Gasteiger partial charge < -0.3 is 14.9 Å². The summed E-state index contributed by atoms with van der Waals surface area (Å²) in [6.07, 6.45) is 4.05. The molecule has 1 heterocycles. The van der Waals surface area contributed by atoms with Crippen molar-refractivity contribution in [2.24, 2.45) is 5.41 Å². The normalized spacial score (nSPS) is 17.6. The minimum Gasteiger partial charge on any atom is -0.481 e. The molecule has 5 nitrogen and oxygen atoms in total. The van der Waals surface area contributed by atoms with Crippen LogP contribution in [0.4, 0.5) is 0 Å². The zero-order chi connectivity index (χ0) is 14.2. The smallest absolute Gasteiger partial charge is 0.335 e. The number of carbonyl (C=O) groups is 2. The lowest BCUT2D eigenvalue weighted by molar-refractivity contribution is -0.138. The molecule has 2 N–H and O–H groups in total. The third kappa shape index (κ3) is 13.0. The molecule has 0 aliphatic carbocycles. The summed E-state index contributed by atoms with van der Waals surface area (Å²) in [6.45, 7) is 7.04. The fourth-order valence-electron chi connectivity index (χ4n) is 1.30. The van der Waals surface area contributed by atoms with Crippen LogP contribution in [0.3, 0.4) is 0 Å². The van der Waals surface area contributed by atoms with Crippen molar-refractivity contribution in [3.63, 3.8) is 0 Å². The maximum absolute atomic E-state index is 10.2. The average Bonchev–Trinajstić information content (AvgIpc) is 2.98. The van der Waals surface area contributed by atoms with Crippen molar-refractivity contribution in [3.8, 4) is 0 Å². The van der Waals surface area contributed by atoms with E-state index in [9.17, 15) is 9.59 Å². The second kappa shape index (κ2) is 8.08. The summed E-state index contributed by atoms with van der Waals surface area (Å²) in [4.78, 5) is 19.8. The summed E-state index contributed by atoms with van der Waals surface area (Å²) >= 11 is 0. The van der Waals surface area contributed by atoms with E-state index in [0.717, 1.165) is 19.3 Å². The Labute approximate surface area is 108 Å². The van der Waals surface area contributed by atoms with E-state index in [1.54, 1.807) is 0 Å². The van der Waals surface area contributed by atoms with Crippen LogP contribution >= 0.6 is 0 Å². The number of ether oxygens (including phenoxy) is 1. The maximum atomic E-state index is 10.2. The molecule has 1 atom stereocenters. The van der Waals surface area contributed by atoms with Gasteiger partial charge in [-0.25, -0.2) is 4.79 Å². The summed E-state index contributed by atoms with van der Waals surface area (Å²) in [5.41, 5.74) is 0.392. The fourth-order valence-corrected chi connectivity index (χ4v) is 1.30. The minimum atomic E-state index is -0.852. The Balaban J connectivity index is 0.000000397.